The maximum atomic E-state index is 11.9. The largest absolute Gasteiger partial charge is 0.486 e. The highest BCUT2D eigenvalue weighted by atomic mass is 127. The molecule has 2 amide bonds. The zero-order chi connectivity index (χ0) is 16.9. The van der Waals surface area contributed by atoms with Crippen LogP contribution in [0.5, 0.6) is 11.5 Å². The predicted octanol–water partition coefficient (Wildman–Crippen LogP) is 2.19. The van der Waals surface area contributed by atoms with Gasteiger partial charge in [-0.15, -0.1) is 0 Å². The van der Waals surface area contributed by atoms with Crippen molar-refractivity contribution < 1.29 is 19.1 Å². The van der Waals surface area contributed by atoms with Crippen LogP contribution in [-0.2, 0) is 9.59 Å². The number of ether oxygens (including phenoxy) is 2. The van der Waals surface area contributed by atoms with Crippen LogP contribution in [-0.4, -0.2) is 31.1 Å². The molecule has 1 aliphatic rings. The lowest BCUT2D eigenvalue weighted by atomic mass is 10.2. The van der Waals surface area contributed by atoms with E-state index in [0.29, 0.717) is 23.8 Å². The van der Waals surface area contributed by atoms with Crippen molar-refractivity contribution in [1.29, 1.82) is 0 Å². The molecule has 6 nitrogen and oxygen atoms in total. The summed E-state index contributed by atoms with van der Waals surface area (Å²) in [5, 5.41) is 5.10. The smallest absolute Gasteiger partial charge is 0.313 e. The summed E-state index contributed by atoms with van der Waals surface area (Å²) in [5.74, 6) is -0.118. The van der Waals surface area contributed by atoms with Crippen molar-refractivity contribution >= 4 is 40.1 Å². The van der Waals surface area contributed by atoms with Gasteiger partial charge in [0.2, 0.25) is 0 Å². The number of amides is 2. The van der Waals surface area contributed by atoms with Gasteiger partial charge in [0, 0.05) is 9.26 Å². The van der Waals surface area contributed by atoms with E-state index in [1.54, 1.807) is 18.2 Å². The van der Waals surface area contributed by atoms with Crippen LogP contribution in [0.1, 0.15) is 0 Å². The quantitative estimate of drug-likeness (QED) is 0.569. The van der Waals surface area contributed by atoms with Crippen molar-refractivity contribution in [2.75, 3.05) is 18.5 Å². The number of benzene rings is 2. The third kappa shape index (κ3) is 4.16. The summed E-state index contributed by atoms with van der Waals surface area (Å²) in [5.41, 5.74) is 0.571. The topological polar surface area (TPSA) is 76.7 Å². The van der Waals surface area contributed by atoms with Gasteiger partial charge in [0.15, 0.2) is 11.5 Å². The minimum absolute atomic E-state index is 0.188. The number of hydrogen-bond donors (Lipinski definition) is 2. The van der Waals surface area contributed by atoms with Crippen LogP contribution in [0.4, 0.5) is 5.69 Å². The van der Waals surface area contributed by atoms with Gasteiger partial charge < -0.3 is 20.1 Å². The Morgan fingerprint density at radius 3 is 2.50 bits per heavy atom. The van der Waals surface area contributed by atoms with Gasteiger partial charge >= 0.3 is 11.8 Å². The molecule has 2 aromatic rings. The Morgan fingerprint density at radius 2 is 1.75 bits per heavy atom. The SMILES string of the molecule is O=C(NCC1COc2ccccc2O1)C(=O)Nc1ccc(I)cc1. The predicted molar refractivity (Wildman–Crippen MR) is 97.2 cm³/mol. The van der Waals surface area contributed by atoms with Crippen LogP contribution in [0.25, 0.3) is 0 Å². The minimum Gasteiger partial charge on any atom is -0.486 e. The first-order chi connectivity index (χ1) is 11.6. The van der Waals surface area contributed by atoms with Gasteiger partial charge in [-0.1, -0.05) is 12.1 Å². The normalized spacial score (nSPS) is 15.5. The van der Waals surface area contributed by atoms with Gasteiger partial charge in [-0.3, -0.25) is 9.59 Å². The van der Waals surface area contributed by atoms with Gasteiger partial charge in [0.25, 0.3) is 0 Å². The molecule has 1 atom stereocenters. The fraction of sp³-hybridized carbons (Fsp3) is 0.176. The average Bonchev–Trinajstić information content (AvgIpc) is 2.61. The number of fused-ring (bicyclic) bond motifs is 1. The van der Waals surface area contributed by atoms with Crippen LogP contribution in [0.2, 0.25) is 0 Å². The number of hydrogen-bond acceptors (Lipinski definition) is 4. The summed E-state index contributed by atoms with van der Waals surface area (Å²) in [6.07, 6.45) is -0.338. The van der Waals surface area contributed by atoms with Crippen molar-refractivity contribution in [3.8, 4) is 11.5 Å². The molecular formula is C17H15IN2O4. The van der Waals surface area contributed by atoms with E-state index < -0.39 is 11.8 Å². The van der Waals surface area contributed by atoms with E-state index in [-0.39, 0.29) is 12.6 Å². The molecule has 0 bridgehead atoms. The number of anilines is 1. The molecule has 0 aliphatic carbocycles. The van der Waals surface area contributed by atoms with Crippen molar-refractivity contribution in [3.63, 3.8) is 0 Å². The Kier molecular flexibility index (Phi) is 5.19. The molecular weight excluding hydrogens is 423 g/mol. The highest BCUT2D eigenvalue weighted by Gasteiger charge is 2.22. The average molecular weight is 438 g/mol. The first-order valence-electron chi connectivity index (χ1n) is 7.35. The molecule has 1 heterocycles. The van der Waals surface area contributed by atoms with Crippen molar-refractivity contribution in [2.24, 2.45) is 0 Å². The van der Waals surface area contributed by atoms with Crippen LogP contribution < -0.4 is 20.1 Å². The molecule has 124 valence electrons. The molecule has 7 heteroatoms. The lowest BCUT2D eigenvalue weighted by Gasteiger charge is -2.26. The number of rotatable bonds is 3. The Bertz CT molecular complexity index is 749. The summed E-state index contributed by atoms with van der Waals surface area (Å²) in [6.45, 7) is 0.503. The summed E-state index contributed by atoms with van der Waals surface area (Å²) in [6, 6.07) is 14.5. The maximum Gasteiger partial charge on any atom is 0.313 e. The third-order valence-electron chi connectivity index (χ3n) is 3.37. The molecule has 0 spiro atoms. The number of halogens is 1. The second kappa shape index (κ2) is 7.52. The third-order valence-corrected chi connectivity index (χ3v) is 4.09. The lowest BCUT2D eigenvalue weighted by Crippen LogP contribution is -2.44. The van der Waals surface area contributed by atoms with Gasteiger partial charge in [-0.25, -0.2) is 0 Å². The molecule has 24 heavy (non-hydrogen) atoms. The summed E-state index contributed by atoms with van der Waals surface area (Å²) >= 11 is 2.16. The highest BCUT2D eigenvalue weighted by molar-refractivity contribution is 14.1. The van der Waals surface area contributed by atoms with Crippen LogP contribution >= 0.6 is 22.6 Å². The van der Waals surface area contributed by atoms with Crippen molar-refractivity contribution in [3.05, 3.63) is 52.1 Å². The first-order valence-corrected chi connectivity index (χ1v) is 8.43. The van der Waals surface area contributed by atoms with E-state index in [1.807, 2.05) is 30.3 Å². The Hall–Kier alpha value is -2.29. The molecule has 2 aromatic carbocycles. The van der Waals surface area contributed by atoms with Gasteiger partial charge in [-0.05, 0) is 59.0 Å². The fourth-order valence-corrected chi connectivity index (χ4v) is 2.53. The highest BCUT2D eigenvalue weighted by Crippen LogP contribution is 2.30. The Labute approximate surface area is 152 Å². The first kappa shape index (κ1) is 16.6. The van der Waals surface area contributed by atoms with Gasteiger partial charge in [-0.2, -0.15) is 0 Å². The second-order valence-corrected chi connectivity index (χ2v) is 6.41. The van der Waals surface area contributed by atoms with Gasteiger partial charge in [0.1, 0.15) is 12.7 Å². The van der Waals surface area contributed by atoms with Crippen LogP contribution in [0, 0.1) is 3.57 Å². The molecule has 3 rings (SSSR count). The molecule has 0 radical (unpaired) electrons. The molecule has 0 aromatic heterocycles. The Morgan fingerprint density at radius 1 is 1.04 bits per heavy atom. The zero-order valence-corrected chi connectivity index (χ0v) is 14.8. The Balaban J connectivity index is 1.49. The van der Waals surface area contributed by atoms with E-state index >= 15 is 0 Å². The molecule has 1 aliphatic heterocycles. The number of carbonyl (C=O) groups excluding carboxylic acids is 2. The number of nitrogens with one attached hydrogen (secondary N) is 2. The second-order valence-electron chi connectivity index (χ2n) is 5.17. The zero-order valence-electron chi connectivity index (χ0n) is 12.6. The van der Waals surface area contributed by atoms with E-state index in [2.05, 4.69) is 33.2 Å². The summed E-state index contributed by atoms with van der Waals surface area (Å²) in [7, 11) is 0. The minimum atomic E-state index is -0.715. The molecule has 1 unspecified atom stereocenters. The van der Waals surface area contributed by atoms with E-state index in [1.165, 1.54) is 0 Å². The van der Waals surface area contributed by atoms with Crippen molar-refractivity contribution in [1.82, 2.24) is 5.32 Å². The number of para-hydroxylation sites is 2. The van der Waals surface area contributed by atoms with Crippen LogP contribution in [0.3, 0.4) is 0 Å². The van der Waals surface area contributed by atoms with Gasteiger partial charge in [0.05, 0.1) is 6.54 Å². The van der Waals surface area contributed by atoms with E-state index in [0.717, 1.165) is 3.57 Å². The molecule has 0 fully saturated rings. The molecule has 2 N–H and O–H groups in total. The standard InChI is InChI=1S/C17H15IN2O4/c18-11-5-7-12(8-6-11)20-17(22)16(21)19-9-13-10-23-14-3-1-2-4-15(14)24-13/h1-8,13H,9-10H2,(H,19,21)(H,20,22). The lowest BCUT2D eigenvalue weighted by molar-refractivity contribution is -0.136. The van der Waals surface area contributed by atoms with Crippen LogP contribution in [0.15, 0.2) is 48.5 Å². The fourth-order valence-electron chi connectivity index (χ4n) is 2.17. The maximum absolute atomic E-state index is 11.9. The monoisotopic (exact) mass is 438 g/mol. The number of carbonyl (C=O) groups is 2. The van der Waals surface area contributed by atoms with E-state index in [9.17, 15) is 9.59 Å². The van der Waals surface area contributed by atoms with E-state index in [4.69, 9.17) is 9.47 Å². The molecule has 0 saturated carbocycles. The summed E-state index contributed by atoms with van der Waals surface area (Å²) in [4.78, 5) is 23.8. The molecule has 0 saturated heterocycles. The van der Waals surface area contributed by atoms with Crippen molar-refractivity contribution in [2.45, 2.75) is 6.10 Å². The summed E-state index contributed by atoms with van der Waals surface area (Å²) < 4.78 is 12.3.